The molecule has 0 aliphatic carbocycles. The van der Waals surface area contributed by atoms with E-state index in [1.54, 1.807) is 26.6 Å². The summed E-state index contributed by atoms with van der Waals surface area (Å²) < 4.78 is 17.3. The minimum Gasteiger partial charge on any atom is -0.496 e. The van der Waals surface area contributed by atoms with Crippen molar-refractivity contribution in [1.29, 1.82) is 0 Å². The molecule has 1 N–H and O–H groups in total. The highest BCUT2D eigenvalue weighted by Crippen LogP contribution is 2.42. The van der Waals surface area contributed by atoms with E-state index in [0.717, 1.165) is 61.4 Å². The summed E-state index contributed by atoms with van der Waals surface area (Å²) in [7, 11) is 3.29. The molecule has 4 aromatic rings. The number of furan rings is 1. The van der Waals surface area contributed by atoms with Crippen LogP contribution in [0.15, 0.2) is 65.3 Å². The number of aryl methyl sites for hydroxylation is 2. The second-order valence-corrected chi connectivity index (χ2v) is 8.37. The molecule has 1 heterocycles. The van der Waals surface area contributed by atoms with Gasteiger partial charge in [0, 0.05) is 39.4 Å². The number of allylic oxidation sites excluding steroid dienone is 1. The molecule has 0 radical (unpaired) electrons. The van der Waals surface area contributed by atoms with E-state index in [9.17, 15) is 4.79 Å². The number of fused-ring (bicyclic) bond motifs is 1. The van der Waals surface area contributed by atoms with Crippen LogP contribution in [-0.4, -0.2) is 20.1 Å². The molecule has 1 aromatic heterocycles. The lowest BCUT2D eigenvalue weighted by Crippen LogP contribution is -2.10. The van der Waals surface area contributed by atoms with Crippen molar-refractivity contribution >= 4 is 28.1 Å². The number of nitrogens with one attached hydrogen (secondary N) is 1. The van der Waals surface area contributed by atoms with E-state index in [4.69, 9.17) is 13.9 Å². The topological polar surface area (TPSA) is 60.7 Å². The number of methoxy groups -OCH3 is 2. The van der Waals surface area contributed by atoms with Gasteiger partial charge in [-0.2, -0.15) is 0 Å². The van der Waals surface area contributed by atoms with E-state index in [0.29, 0.717) is 5.75 Å². The Morgan fingerprint density at radius 3 is 2.44 bits per heavy atom. The fourth-order valence-corrected chi connectivity index (χ4v) is 4.28. The highest BCUT2D eigenvalue weighted by atomic mass is 16.5. The van der Waals surface area contributed by atoms with Gasteiger partial charge < -0.3 is 19.2 Å². The molecule has 0 saturated heterocycles. The van der Waals surface area contributed by atoms with Gasteiger partial charge in [0.1, 0.15) is 17.1 Å². The third-order valence-electron chi connectivity index (χ3n) is 6.28. The third-order valence-corrected chi connectivity index (χ3v) is 6.28. The lowest BCUT2D eigenvalue weighted by molar-refractivity contribution is -0.111. The van der Waals surface area contributed by atoms with Crippen LogP contribution in [0.25, 0.3) is 27.7 Å². The maximum atomic E-state index is 12.9. The number of para-hydroxylation sites is 1. The summed E-state index contributed by atoms with van der Waals surface area (Å²) in [5.41, 5.74) is 8.09. The molecule has 34 heavy (non-hydrogen) atoms. The predicted octanol–water partition coefficient (Wildman–Crippen LogP) is 7.08. The number of benzene rings is 3. The van der Waals surface area contributed by atoms with Crippen molar-refractivity contribution in [3.8, 4) is 22.6 Å². The van der Waals surface area contributed by atoms with Crippen molar-refractivity contribution < 1.29 is 18.7 Å². The number of ether oxygens (including phenoxy) is 2. The van der Waals surface area contributed by atoms with Gasteiger partial charge in [-0.15, -0.1) is 0 Å². The number of rotatable bonds is 6. The minimum atomic E-state index is -0.192. The molecule has 4 rings (SSSR count). The summed E-state index contributed by atoms with van der Waals surface area (Å²) in [4.78, 5) is 12.9. The minimum absolute atomic E-state index is 0.192. The number of anilines is 1. The van der Waals surface area contributed by atoms with Crippen LogP contribution in [0.5, 0.6) is 11.5 Å². The van der Waals surface area contributed by atoms with Crippen molar-refractivity contribution in [2.45, 2.75) is 27.7 Å². The highest BCUT2D eigenvalue weighted by Gasteiger charge is 2.20. The summed E-state index contributed by atoms with van der Waals surface area (Å²) in [6, 6.07) is 15.7. The third kappa shape index (κ3) is 4.17. The largest absolute Gasteiger partial charge is 0.496 e. The maximum absolute atomic E-state index is 12.9. The molecule has 0 aliphatic rings. The van der Waals surface area contributed by atoms with Crippen molar-refractivity contribution in [3.05, 3.63) is 83.1 Å². The first-order chi connectivity index (χ1) is 16.3. The lowest BCUT2D eigenvalue weighted by atomic mass is 9.96. The monoisotopic (exact) mass is 455 g/mol. The molecule has 0 spiro atoms. The van der Waals surface area contributed by atoms with E-state index in [2.05, 4.69) is 5.32 Å². The fourth-order valence-electron chi connectivity index (χ4n) is 4.28. The molecule has 5 nitrogen and oxygen atoms in total. The molecule has 5 heteroatoms. The van der Waals surface area contributed by atoms with Crippen LogP contribution in [0, 0.1) is 20.8 Å². The Bertz CT molecular complexity index is 1410. The first kappa shape index (κ1) is 23.2. The Balaban J connectivity index is 1.79. The van der Waals surface area contributed by atoms with Gasteiger partial charge in [0.25, 0.3) is 0 Å². The molecule has 3 aromatic carbocycles. The predicted molar refractivity (Wildman–Crippen MR) is 138 cm³/mol. The Hall–Kier alpha value is -3.99. The average molecular weight is 456 g/mol. The van der Waals surface area contributed by atoms with Crippen molar-refractivity contribution in [2.75, 3.05) is 19.5 Å². The fraction of sp³-hybridized carbons (Fsp3) is 0.207. The number of amides is 1. The van der Waals surface area contributed by atoms with E-state index < -0.39 is 0 Å². The molecule has 0 saturated carbocycles. The van der Waals surface area contributed by atoms with Gasteiger partial charge in [-0.1, -0.05) is 30.3 Å². The van der Waals surface area contributed by atoms with Gasteiger partial charge in [-0.3, -0.25) is 4.79 Å². The van der Waals surface area contributed by atoms with Crippen LogP contribution in [0.4, 0.5) is 5.69 Å². The summed E-state index contributed by atoms with van der Waals surface area (Å²) in [6.07, 6.45) is 3.35. The average Bonchev–Trinajstić information content (AvgIpc) is 3.26. The molecule has 0 bridgehead atoms. The van der Waals surface area contributed by atoms with Gasteiger partial charge >= 0.3 is 0 Å². The molecular formula is C29H29NO4. The summed E-state index contributed by atoms with van der Waals surface area (Å²) >= 11 is 0. The molecule has 1 amide bonds. The maximum Gasteiger partial charge on any atom is 0.248 e. The zero-order valence-corrected chi connectivity index (χ0v) is 20.4. The molecule has 174 valence electrons. The number of carbonyl (C=O) groups excluding carboxylic acids is 1. The van der Waals surface area contributed by atoms with E-state index >= 15 is 0 Å². The van der Waals surface area contributed by atoms with Gasteiger partial charge in [-0.25, -0.2) is 0 Å². The highest BCUT2D eigenvalue weighted by molar-refractivity contribution is 6.06. The second kappa shape index (κ2) is 9.48. The Kier molecular flexibility index (Phi) is 6.46. The lowest BCUT2D eigenvalue weighted by Gasteiger charge is -2.14. The van der Waals surface area contributed by atoms with E-state index in [1.807, 2.05) is 76.2 Å². The molecule has 0 unspecified atom stereocenters. The van der Waals surface area contributed by atoms with Crippen LogP contribution >= 0.6 is 0 Å². The van der Waals surface area contributed by atoms with Gasteiger partial charge in [-0.05, 0) is 62.6 Å². The Morgan fingerprint density at radius 2 is 1.71 bits per heavy atom. The van der Waals surface area contributed by atoms with Gasteiger partial charge in [0.15, 0.2) is 0 Å². The molecule has 0 atom stereocenters. The second-order valence-electron chi connectivity index (χ2n) is 8.37. The first-order valence-electron chi connectivity index (χ1n) is 11.1. The van der Waals surface area contributed by atoms with Crippen LogP contribution in [0.2, 0.25) is 0 Å². The quantitative estimate of drug-likeness (QED) is 0.316. The van der Waals surface area contributed by atoms with Gasteiger partial charge in [0.05, 0.1) is 20.5 Å². The summed E-state index contributed by atoms with van der Waals surface area (Å²) in [5, 5.41) is 3.93. The zero-order chi connectivity index (χ0) is 24.4. The summed E-state index contributed by atoms with van der Waals surface area (Å²) in [6.45, 7) is 7.90. The first-order valence-corrected chi connectivity index (χ1v) is 11.1. The Morgan fingerprint density at radius 1 is 0.941 bits per heavy atom. The number of hydrogen-bond donors (Lipinski definition) is 1. The number of hydrogen-bond acceptors (Lipinski definition) is 4. The molecular weight excluding hydrogens is 426 g/mol. The Labute approximate surface area is 200 Å². The normalized spacial score (nSPS) is 11.5. The van der Waals surface area contributed by atoms with Crippen molar-refractivity contribution in [1.82, 2.24) is 0 Å². The number of carbonyl (C=O) groups is 1. The van der Waals surface area contributed by atoms with Crippen LogP contribution in [-0.2, 0) is 4.79 Å². The molecule has 0 fully saturated rings. The SMILES string of the molecule is COc1ccccc1-c1coc2c(C)c(OC)c(/C(C)=C/C(=O)Nc3cccc(C)c3C)cc12. The van der Waals surface area contributed by atoms with Crippen LogP contribution in [0.1, 0.15) is 29.2 Å². The van der Waals surface area contributed by atoms with Gasteiger partial charge in [0.2, 0.25) is 5.91 Å². The van der Waals surface area contributed by atoms with Crippen molar-refractivity contribution in [2.24, 2.45) is 0 Å². The molecule has 0 aliphatic heterocycles. The zero-order valence-electron chi connectivity index (χ0n) is 20.4. The summed E-state index contributed by atoms with van der Waals surface area (Å²) in [5.74, 6) is 1.25. The van der Waals surface area contributed by atoms with Crippen LogP contribution < -0.4 is 14.8 Å². The van der Waals surface area contributed by atoms with E-state index in [-0.39, 0.29) is 5.91 Å². The standard InChI is InChI=1S/C29H29NO4/c1-17-10-9-12-25(19(17)3)30-27(31)14-18(2)22-15-23-24(21-11-7-8-13-26(21)32-5)16-34-29(23)20(4)28(22)33-6/h7-16H,1-6H3,(H,30,31)/b18-14+. The smallest absolute Gasteiger partial charge is 0.248 e. The van der Waals surface area contributed by atoms with E-state index in [1.165, 1.54) is 0 Å². The van der Waals surface area contributed by atoms with Crippen LogP contribution in [0.3, 0.4) is 0 Å². The van der Waals surface area contributed by atoms with Crippen molar-refractivity contribution in [3.63, 3.8) is 0 Å².